The summed E-state index contributed by atoms with van der Waals surface area (Å²) in [5, 5.41) is 13.5. The molecule has 0 aliphatic rings. The van der Waals surface area contributed by atoms with Gasteiger partial charge in [-0.15, -0.1) is 0 Å². The van der Waals surface area contributed by atoms with Gasteiger partial charge < -0.3 is 15.2 Å². The van der Waals surface area contributed by atoms with Crippen molar-refractivity contribution in [1.82, 2.24) is 5.32 Å². The van der Waals surface area contributed by atoms with Gasteiger partial charge in [0.25, 0.3) is 0 Å². The highest BCUT2D eigenvalue weighted by Crippen LogP contribution is 2.25. The number of benzene rings is 1. The zero-order chi connectivity index (χ0) is 12.0. The number of hydrogen-bond donors (Lipinski definition) is 2. The van der Waals surface area contributed by atoms with Crippen LogP contribution in [0.4, 0.5) is 0 Å². The van der Waals surface area contributed by atoms with Crippen molar-refractivity contribution in [2.45, 2.75) is 25.9 Å². The first-order valence-corrected chi connectivity index (χ1v) is 5.68. The molecule has 1 rings (SSSR count). The van der Waals surface area contributed by atoms with Crippen LogP contribution in [0.25, 0.3) is 0 Å². The Morgan fingerprint density at radius 3 is 2.44 bits per heavy atom. The SMILES string of the molecule is CCNCCC(C)(O)c1ccc(OC)cc1. The van der Waals surface area contributed by atoms with Crippen molar-refractivity contribution in [3.8, 4) is 5.75 Å². The lowest BCUT2D eigenvalue weighted by Crippen LogP contribution is -2.27. The predicted octanol–water partition coefficient (Wildman–Crippen LogP) is 1.90. The molecule has 1 aromatic rings. The van der Waals surface area contributed by atoms with Crippen molar-refractivity contribution in [2.24, 2.45) is 0 Å². The van der Waals surface area contributed by atoms with Gasteiger partial charge >= 0.3 is 0 Å². The molecule has 0 saturated heterocycles. The molecule has 0 amide bonds. The van der Waals surface area contributed by atoms with Gasteiger partial charge in [-0.25, -0.2) is 0 Å². The van der Waals surface area contributed by atoms with Crippen LogP contribution in [0.2, 0.25) is 0 Å². The van der Waals surface area contributed by atoms with E-state index in [0.717, 1.165) is 24.4 Å². The Hall–Kier alpha value is -1.06. The summed E-state index contributed by atoms with van der Waals surface area (Å²) >= 11 is 0. The minimum Gasteiger partial charge on any atom is -0.497 e. The third kappa shape index (κ3) is 3.51. The van der Waals surface area contributed by atoms with Crippen LogP contribution >= 0.6 is 0 Å². The van der Waals surface area contributed by atoms with Crippen molar-refractivity contribution >= 4 is 0 Å². The third-order valence-corrected chi connectivity index (χ3v) is 2.75. The smallest absolute Gasteiger partial charge is 0.118 e. The summed E-state index contributed by atoms with van der Waals surface area (Å²) in [4.78, 5) is 0. The van der Waals surface area contributed by atoms with E-state index in [2.05, 4.69) is 12.2 Å². The Balaban J connectivity index is 2.65. The first-order chi connectivity index (χ1) is 7.60. The van der Waals surface area contributed by atoms with E-state index in [4.69, 9.17) is 4.74 Å². The van der Waals surface area contributed by atoms with Gasteiger partial charge in [0.05, 0.1) is 12.7 Å². The minimum absolute atomic E-state index is 0.702. The molecule has 0 bridgehead atoms. The molecule has 0 aromatic heterocycles. The normalized spacial score (nSPS) is 14.5. The van der Waals surface area contributed by atoms with Gasteiger partial charge in [-0.2, -0.15) is 0 Å². The number of hydrogen-bond acceptors (Lipinski definition) is 3. The second kappa shape index (κ2) is 5.87. The van der Waals surface area contributed by atoms with Crippen LogP contribution in [0.5, 0.6) is 5.75 Å². The highest BCUT2D eigenvalue weighted by molar-refractivity contribution is 5.30. The van der Waals surface area contributed by atoms with E-state index in [0.29, 0.717) is 6.42 Å². The lowest BCUT2D eigenvalue weighted by molar-refractivity contribution is 0.0481. The average Bonchev–Trinajstić information content (AvgIpc) is 2.29. The molecule has 0 aliphatic heterocycles. The van der Waals surface area contributed by atoms with Crippen molar-refractivity contribution in [2.75, 3.05) is 20.2 Å². The second-order valence-corrected chi connectivity index (χ2v) is 4.11. The number of ether oxygens (including phenoxy) is 1. The van der Waals surface area contributed by atoms with E-state index < -0.39 is 5.60 Å². The van der Waals surface area contributed by atoms with Crippen LogP contribution in [-0.2, 0) is 5.60 Å². The highest BCUT2D eigenvalue weighted by atomic mass is 16.5. The monoisotopic (exact) mass is 223 g/mol. The van der Waals surface area contributed by atoms with Gasteiger partial charge in [-0.1, -0.05) is 19.1 Å². The standard InChI is InChI=1S/C13H21NO2/c1-4-14-10-9-13(2,15)11-5-7-12(16-3)8-6-11/h5-8,14-15H,4,9-10H2,1-3H3. The number of aliphatic hydroxyl groups is 1. The predicted molar refractivity (Wildman–Crippen MR) is 65.7 cm³/mol. The molecule has 1 unspecified atom stereocenters. The molecule has 0 fully saturated rings. The minimum atomic E-state index is -0.783. The van der Waals surface area contributed by atoms with Crippen molar-refractivity contribution in [3.63, 3.8) is 0 Å². The van der Waals surface area contributed by atoms with Gasteiger partial charge in [0.1, 0.15) is 5.75 Å². The Labute approximate surface area is 97.4 Å². The number of rotatable bonds is 6. The third-order valence-electron chi connectivity index (χ3n) is 2.75. The maximum atomic E-state index is 10.3. The van der Waals surface area contributed by atoms with E-state index >= 15 is 0 Å². The number of nitrogens with one attached hydrogen (secondary N) is 1. The van der Waals surface area contributed by atoms with Crippen molar-refractivity contribution in [3.05, 3.63) is 29.8 Å². The largest absolute Gasteiger partial charge is 0.497 e. The lowest BCUT2D eigenvalue weighted by atomic mass is 9.92. The molecule has 2 N–H and O–H groups in total. The van der Waals surface area contributed by atoms with Crippen LogP contribution < -0.4 is 10.1 Å². The van der Waals surface area contributed by atoms with E-state index in [9.17, 15) is 5.11 Å². The highest BCUT2D eigenvalue weighted by Gasteiger charge is 2.22. The maximum absolute atomic E-state index is 10.3. The van der Waals surface area contributed by atoms with Gasteiger partial charge in [-0.3, -0.25) is 0 Å². The average molecular weight is 223 g/mol. The molecule has 1 aromatic carbocycles. The molecule has 0 aliphatic carbocycles. The number of methoxy groups -OCH3 is 1. The van der Waals surface area contributed by atoms with Crippen molar-refractivity contribution in [1.29, 1.82) is 0 Å². The molecule has 0 heterocycles. The molecule has 0 saturated carbocycles. The lowest BCUT2D eigenvalue weighted by Gasteiger charge is -2.24. The molecule has 90 valence electrons. The summed E-state index contributed by atoms with van der Waals surface area (Å²) in [6.07, 6.45) is 0.702. The molecular formula is C13H21NO2. The van der Waals surface area contributed by atoms with E-state index in [1.165, 1.54) is 0 Å². The Morgan fingerprint density at radius 1 is 1.31 bits per heavy atom. The molecule has 0 radical (unpaired) electrons. The summed E-state index contributed by atoms with van der Waals surface area (Å²) in [6, 6.07) is 7.56. The Bertz CT molecular complexity index is 306. The van der Waals surface area contributed by atoms with E-state index in [-0.39, 0.29) is 0 Å². The Morgan fingerprint density at radius 2 is 1.94 bits per heavy atom. The molecular weight excluding hydrogens is 202 g/mol. The molecule has 0 spiro atoms. The zero-order valence-electron chi connectivity index (χ0n) is 10.3. The molecule has 3 heteroatoms. The summed E-state index contributed by atoms with van der Waals surface area (Å²) in [5.74, 6) is 0.811. The van der Waals surface area contributed by atoms with Crippen LogP contribution in [0.3, 0.4) is 0 Å². The fraction of sp³-hybridized carbons (Fsp3) is 0.538. The first kappa shape index (κ1) is 13.0. The summed E-state index contributed by atoms with van der Waals surface area (Å²) in [7, 11) is 1.64. The van der Waals surface area contributed by atoms with Crippen LogP contribution in [-0.4, -0.2) is 25.3 Å². The second-order valence-electron chi connectivity index (χ2n) is 4.11. The van der Waals surface area contributed by atoms with Gasteiger partial charge in [0.15, 0.2) is 0 Å². The van der Waals surface area contributed by atoms with Crippen LogP contribution in [0, 0.1) is 0 Å². The maximum Gasteiger partial charge on any atom is 0.118 e. The molecule has 16 heavy (non-hydrogen) atoms. The summed E-state index contributed by atoms with van der Waals surface area (Å²) < 4.78 is 5.09. The fourth-order valence-corrected chi connectivity index (χ4v) is 1.60. The topological polar surface area (TPSA) is 41.5 Å². The van der Waals surface area contributed by atoms with Gasteiger partial charge in [-0.05, 0) is 44.1 Å². The zero-order valence-corrected chi connectivity index (χ0v) is 10.3. The van der Waals surface area contributed by atoms with E-state index in [1.807, 2.05) is 31.2 Å². The van der Waals surface area contributed by atoms with Gasteiger partial charge in [0.2, 0.25) is 0 Å². The van der Waals surface area contributed by atoms with E-state index in [1.54, 1.807) is 7.11 Å². The van der Waals surface area contributed by atoms with Crippen LogP contribution in [0.1, 0.15) is 25.8 Å². The van der Waals surface area contributed by atoms with Crippen molar-refractivity contribution < 1.29 is 9.84 Å². The molecule has 3 nitrogen and oxygen atoms in total. The van der Waals surface area contributed by atoms with Crippen LogP contribution in [0.15, 0.2) is 24.3 Å². The quantitative estimate of drug-likeness (QED) is 0.724. The first-order valence-electron chi connectivity index (χ1n) is 5.68. The summed E-state index contributed by atoms with van der Waals surface area (Å²) in [5.41, 5.74) is 0.139. The summed E-state index contributed by atoms with van der Waals surface area (Å²) in [6.45, 7) is 5.64. The Kier molecular flexibility index (Phi) is 4.77. The fourth-order valence-electron chi connectivity index (χ4n) is 1.60. The van der Waals surface area contributed by atoms with Gasteiger partial charge in [0, 0.05) is 0 Å². The molecule has 1 atom stereocenters.